The van der Waals surface area contributed by atoms with Crippen molar-refractivity contribution in [2.24, 2.45) is 0 Å². The third-order valence-corrected chi connectivity index (χ3v) is 1.000. The van der Waals surface area contributed by atoms with Gasteiger partial charge in [0.15, 0.2) is 0 Å². The lowest BCUT2D eigenvalue weighted by Gasteiger charge is -1.68. The Morgan fingerprint density at radius 3 is 0.700 bits per heavy atom. The fraction of sp³-hybridized carbons (Fsp3) is 0.800. The largest absolute Gasteiger partial charge is 0.124 e. The van der Waals surface area contributed by atoms with Crippen LogP contribution in [0, 0.1) is 12.8 Å². The number of hydrogen-bond donors (Lipinski definition) is 0. The second kappa shape index (κ2) is 38.6. The highest BCUT2D eigenvalue weighted by Gasteiger charge is 1.56. The van der Waals surface area contributed by atoms with Gasteiger partial charge in [0, 0.05) is 0 Å². The summed E-state index contributed by atoms with van der Waals surface area (Å²) < 4.78 is 0. The van der Waals surface area contributed by atoms with Crippen LogP contribution in [0.2, 0.25) is 0 Å². The van der Waals surface area contributed by atoms with Crippen LogP contribution in [-0.2, 0) is 0 Å². The Morgan fingerprint density at radius 2 is 0.700 bits per heavy atom. The molecule has 0 aromatic rings. The summed E-state index contributed by atoms with van der Waals surface area (Å²) in [4.78, 5) is 0. The molecule has 0 saturated heterocycles. The highest BCUT2D eigenvalue weighted by Crippen LogP contribution is 1.77. The summed E-state index contributed by atoms with van der Waals surface area (Å²) in [6.07, 6.45) is 13.3. The molecule has 0 heterocycles. The number of rotatable bonds is 2. The standard InChI is InChI=1S/2C4H10.C2H2/c2*1-3-4-2;1-2/h2*3-4H2,1-2H3;1-2H. The molecule has 0 nitrogen and oxygen atoms in total. The minimum absolute atomic E-state index is 1.32. The Kier molecular flexibility index (Phi) is 62.8. The summed E-state index contributed by atoms with van der Waals surface area (Å²) in [5, 5.41) is 0. The molecule has 62 valence electrons. The van der Waals surface area contributed by atoms with Gasteiger partial charge in [0.1, 0.15) is 0 Å². The monoisotopic (exact) mass is 142 g/mol. The zero-order valence-electron chi connectivity index (χ0n) is 7.98. The maximum absolute atomic E-state index is 4.00. The van der Waals surface area contributed by atoms with Crippen LogP contribution in [-0.4, -0.2) is 0 Å². The third kappa shape index (κ3) is 134. The molecule has 0 spiro atoms. The van der Waals surface area contributed by atoms with Gasteiger partial charge >= 0.3 is 0 Å². The molecule has 0 saturated carbocycles. The van der Waals surface area contributed by atoms with Gasteiger partial charge in [-0.05, 0) is 0 Å². The molecule has 0 bridgehead atoms. The van der Waals surface area contributed by atoms with Gasteiger partial charge in [0.2, 0.25) is 0 Å². The molecule has 0 aromatic heterocycles. The molecule has 0 aliphatic rings. The van der Waals surface area contributed by atoms with Crippen LogP contribution in [0.1, 0.15) is 53.4 Å². The fourth-order valence-corrected chi connectivity index (χ4v) is 0. The molecule has 0 unspecified atom stereocenters. The average Bonchev–Trinajstić information content (AvgIpc) is 2.08. The first-order valence-electron chi connectivity index (χ1n) is 4.16. The van der Waals surface area contributed by atoms with E-state index in [0.29, 0.717) is 0 Å². The second-order valence-corrected chi connectivity index (χ2v) is 2.00. The van der Waals surface area contributed by atoms with Gasteiger partial charge in [0.05, 0.1) is 0 Å². The Hall–Kier alpha value is -0.440. The van der Waals surface area contributed by atoms with E-state index in [-0.39, 0.29) is 0 Å². The molecular weight excluding hydrogens is 120 g/mol. The first-order valence-corrected chi connectivity index (χ1v) is 4.16. The van der Waals surface area contributed by atoms with Crippen LogP contribution in [0.4, 0.5) is 0 Å². The lowest BCUT2D eigenvalue weighted by Crippen LogP contribution is -1.47. The van der Waals surface area contributed by atoms with Crippen molar-refractivity contribution in [1.82, 2.24) is 0 Å². The van der Waals surface area contributed by atoms with Gasteiger partial charge in [-0.3, -0.25) is 0 Å². The smallest absolute Gasteiger partial charge is 0.0564 e. The van der Waals surface area contributed by atoms with Crippen LogP contribution >= 0.6 is 0 Å². The average molecular weight is 142 g/mol. The maximum Gasteiger partial charge on any atom is -0.0564 e. The topological polar surface area (TPSA) is 0 Å². The van der Waals surface area contributed by atoms with E-state index in [0.717, 1.165) is 0 Å². The van der Waals surface area contributed by atoms with E-state index in [4.69, 9.17) is 0 Å². The first kappa shape index (κ1) is 16.3. The van der Waals surface area contributed by atoms with Gasteiger partial charge in [0.25, 0.3) is 0 Å². The minimum Gasteiger partial charge on any atom is -0.124 e. The molecule has 0 fully saturated rings. The maximum atomic E-state index is 4.00. The Morgan fingerprint density at radius 1 is 0.600 bits per heavy atom. The van der Waals surface area contributed by atoms with Crippen LogP contribution in [0.25, 0.3) is 0 Å². The Bertz CT molecular complexity index is 26.5. The van der Waals surface area contributed by atoms with Gasteiger partial charge in [-0.2, -0.15) is 0 Å². The molecule has 0 atom stereocenters. The summed E-state index contributed by atoms with van der Waals surface area (Å²) in [5.41, 5.74) is 0. The van der Waals surface area contributed by atoms with Crippen molar-refractivity contribution in [3.05, 3.63) is 0 Å². The van der Waals surface area contributed by atoms with Crippen LogP contribution in [0.3, 0.4) is 0 Å². The van der Waals surface area contributed by atoms with Crippen LogP contribution < -0.4 is 0 Å². The van der Waals surface area contributed by atoms with Crippen molar-refractivity contribution in [1.29, 1.82) is 0 Å². The molecule has 0 aromatic carbocycles. The van der Waals surface area contributed by atoms with E-state index in [1.54, 1.807) is 0 Å². The molecule has 10 heavy (non-hydrogen) atoms. The predicted octanol–water partition coefficient (Wildman–Crippen LogP) is 3.86. The van der Waals surface area contributed by atoms with Crippen molar-refractivity contribution in [3.8, 4) is 12.8 Å². The van der Waals surface area contributed by atoms with Crippen molar-refractivity contribution in [2.45, 2.75) is 53.4 Å². The van der Waals surface area contributed by atoms with E-state index in [1.807, 2.05) is 0 Å². The molecule has 0 rings (SSSR count). The van der Waals surface area contributed by atoms with E-state index in [9.17, 15) is 0 Å². The summed E-state index contributed by atoms with van der Waals surface area (Å²) in [7, 11) is 0. The van der Waals surface area contributed by atoms with E-state index in [1.165, 1.54) is 25.7 Å². The normalized spacial score (nSPS) is 6.20. The third-order valence-electron chi connectivity index (χ3n) is 1.000. The molecule has 0 aliphatic heterocycles. The molecule has 0 radical (unpaired) electrons. The minimum atomic E-state index is 1.32. The number of hydrogen-bond acceptors (Lipinski definition) is 0. The van der Waals surface area contributed by atoms with Gasteiger partial charge in [-0.1, -0.05) is 53.4 Å². The van der Waals surface area contributed by atoms with Gasteiger partial charge < -0.3 is 0 Å². The first-order chi connectivity index (χ1) is 4.83. The van der Waals surface area contributed by atoms with Crippen LogP contribution in [0.5, 0.6) is 0 Å². The van der Waals surface area contributed by atoms with E-state index < -0.39 is 0 Å². The SMILES string of the molecule is C#C.CCCC.CCCC. The van der Waals surface area contributed by atoms with Crippen molar-refractivity contribution < 1.29 is 0 Å². The Labute approximate surface area is 67.0 Å². The summed E-state index contributed by atoms with van der Waals surface area (Å²) in [6, 6.07) is 0. The molecule has 0 heteroatoms. The number of terminal acetylenes is 1. The molecule has 0 amide bonds. The quantitative estimate of drug-likeness (QED) is 0.513. The zero-order valence-corrected chi connectivity index (χ0v) is 7.98. The molecule has 0 N–H and O–H groups in total. The van der Waals surface area contributed by atoms with E-state index in [2.05, 4.69) is 40.5 Å². The highest BCUT2D eigenvalue weighted by molar-refractivity contribution is 4.47. The highest BCUT2D eigenvalue weighted by atomic mass is 13.6. The Balaban J connectivity index is -0.0000000787. The van der Waals surface area contributed by atoms with Gasteiger partial charge in [-0.15, -0.1) is 12.8 Å². The second-order valence-electron chi connectivity index (χ2n) is 2.00. The predicted molar refractivity (Wildman–Crippen MR) is 51.1 cm³/mol. The van der Waals surface area contributed by atoms with Crippen molar-refractivity contribution in [2.75, 3.05) is 0 Å². The molecular formula is C10H22. The fourth-order valence-electron chi connectivity index (χ4n) is 0. The summed E-state index contributed by atoms with van der Waals surface area (Å²) in [6.45, 7) is 8.72. The number of unbranched alkanes of at least 4 members (excludes halogenated alkanes) is 2. The molecule has 0 aliphatic carbocycles. The summed E-state index contributed by atoms with van der Waals surface area (Å²) >= 11 is 0. The van der Waals surface area contributed by atoms with Crippen LogP contribution in [0.15, 0.2) is 0 Å². The summed E-state index contributed by atoms with van der Waals surface area (Å²) in [5.74, 6) is 0. The van der Waals surface area contributed by atoms with Gasteiger partial charge in [-0.25, -0.2) is 0 Å². The lowest BCUT2D eigenvalue weighted by atomic mass is 10.4. The van der Waals surface area contributed by atoms with E-state index >= 15 is 0 Å². The lowest BCUT2D eigenvalue weighted by molar-refractivity contribution is 0.886. The van der Waals surface area contributed by atoms with Crippen molar-refractivity contribution >= 4 is 0 Å². The van der Waals surface area contributed by atoms with Crippen molar-refractivity contribution in [3.63, 3.8) is 0 Å². The zero-order chi connectivity index (χ0) is 8.83.